The lowest BCUT2D eigenvalue weighted by atomic mass is 10.2. The van der Waals surface area contributed by atoms with Crippen LogP contribution in [0.1, 0.15) is 49.9 Å². The molecule has 1 aliphatic rings. The molecular formula is C18H23N3O. The summed E-state index contributed by atoms with van der Waals surface area (Å²) in [6.45, 7) is 3.64. The molecule has 0 amide bonds. The van der Waals surface area contributed by atoms with Gasteiger partial charge in [-0.2, -0.15) is 4.98 Å². The van der Waals surface area contributed by atoms with Gasteiger partial charge in [-0.3, -0.25) is 0 Å². The zero-order valence-corrected chi connectivity index (χ0v) is 13.1. The topological polar surface area (TPSA) is 47.0 Å². The van der Waals surface area contributed by atoms with E-state index in [9.17, 15) is 0 Å². The molecule has 1 heterocycles. The zero-order valence-electron chi connectivity index (χ0n) is 13.1. The van der Waals surface area contributed by atoms with E-state index in [4.69, 9.17) is 4.74 Å². The van der Waals surface area contributed by atoms with Gasteiger partial charge in [0, 0.05) is 18.5 Å². The molecule has 1 fully saturated rings. The maximum atomic E-state index is 5.77. The second-order valence-electron chi connectivity index (χ2n) is 5.77. The number of rotatable bonds is 8. The van der Waals surface area contributed by atoms with E-state index in [1.165, 1.54) is 18.4 Å². The predicted molar refractivity (Wildman–Crippen MR) is 88.2 cm³/mol. The van der Waals surface area contributed by atoms with Gasteiger partial charge in [0.1, 0.15) is 11.6 Å². The number of ether oxygens (including phenoxy) is 1. The molecule has 0 radical (unpaired) electrons. The first-order chi connectivity index (χ1) is 10.8. The Bertz CT molecular complexity index is 597. The number of aromatic nitrogens is 2. The molecular weight excluding hydrogens is 274 g/mol. The van der Waals surface area contributed by atoms with Crippen molar-refractivity contribution in [3.05, 3.63) is 47.8 Å². The lowest BCUT2D eigenvalue weighted by molar-refractivity contribution is 0.296. The molecule has 1 aromatic heterocycles. The maximum absolute atomic E-state index is 5.77. The van der Waals surface area contributed by atoms with Crippen molar-refractivity contribution in [1.29, 1.82) is 0 Å². The Morgan fingerprint density at radius 2 is 2.00 bits per heavy atom. The number of unbranched alkanes of at least 4 members (excludes halogenated alkanes) is 1. The molecule has 0 unspecified atom stereocenters. The molecule has 0 bridgehead atoms. The van der Waals surface area contributed by atoms with Crippen LogP contribution >= 0.6 is 0 Å². The van der Waals surface area contributed by atoms with Crippen molar-refractivity contribution in [2.24, 2.45) is 0 Å². The van der Waals surface area contributed by atoms with E-state index in [1.54, 1.807) is 0 Å². The third-order valence-electron chi connectivity index (χ3n) is 3.73. The Morgan fingerprint density at radius 1 is 1.18 bits per heavy atom. The van der Waals surface area contributed by atoms with Crippen LogP contribution < -0.4 is 10.1 Å². The SMILES string of the molecule is CCCCOc1cc(NCc2ccccc2)nc(C2CC2)n1. The molecule has 3 rings (SSSR count). The van der Waals surface area contributed by atoms with Crippen LogP contribution in [0.15, 0.2) is 36.4 Å². The summed E-state index contributed by atoms with van der Waals surface area (Å²) in [4.78, 5) is 9.19. The number of nitrogens with one attached hydrogen (secondary N) is 1. The van der Waals surface area contributed by atoms with E-state index in [-0.39, 0.29) is 0 Å². The second-order valence-corrected chi connectivity index (χ2v) is 5.77. The van der Waals surface area contributed by atoms with Crippen LogP contribution in [0.4, 0.5) is 5.82 Å². The summed E-state index contributed by atoms with van der Waals surface area (Å²) in [5, 5.41) is 3.38. The third kappa shape index (κ3) is 4.20. The van der Waals surface area contributed by atoms with Crippen molar-refractivity contribution in [3.8, 4) is 5.88 Å². The molecule has 0 atom stereocenters. The van der Waals surface area contributed by atoms with Gasteiger partial charge in [0.2, 0.25) is 5.88 Å². The number of hydrogen-bond donors (Lipinski definition) is 1. The molecule has 0 spiro atoms. The largest absolute Gasteiger partial charge is 0.478 e. The highest BCUT2D eigenvalue weighted by Crippen LogP contribution is 2.39. The van der Waals surface area contributed by atoms with Gasteiger partial charge < -0.3 is 10.1 Å². The number of nitrogens with zero attached hydrogens (tertiary/aromatic N) is 2. The van der Waals surface area contributed by atoms with Crippen LogP contribution in [0.2, 0.25) is 0 Å². The Kier molecular flexibility index (Phi) is 4.88. The van der Waals surface area contributed by atoms with Crippen molar-refractivity contribution >= 4 is 5.82 Å². The van der Waals surface area contributed by atoms with E-state index < -0.39 is 0 Å². The molecule has 1 saturated carbocycles. The van der Waals surface area contributed by atoms with Gasteiger partial charge in [0.15, 0.2) is 0 Å². The Balaban J connectivity index is 1.68. The highest BCUT2D eigenvalue weighted by Gasteiger charge is 2.27. The fourth-order valence-electron chi connectivity index (χ4n) is 2.24. The summed E-state index contributed by atoms with van der Waals surface area (Å²) >= 11 is 0. The maximum Gasteiger partial charge on any atom is 0.218 e. The minimum Gasteiger partial charge on any atom is -0.478 e. The molecule has 2 aromatic rings. The summed E-state index contributed by atoms with van der Waals surface area (Å²) in [6, 6.07) is 12.2. The molecule has 0 saturated heterocycles. The molecule has 0 aliphatic heterocycles. The lowest BCUT2D eigenvalue weighted by Gasteiger charge is -2.10. The van der Waals surface area contributed by atoms with Crippen LogP contribution in [-0.2, 0) is 6.54 Å². The average Bonchev–Trinajstić information content (AvgIpc) is 3.39. The van der Waals surface area contributed by atoms with Crippen molar-refractivity contribution in [1.82, 2.24) is 9.97 Å². The zero-order chi connectivity index (χ0) is 15.2. The summed E-state index contributed by atoms with van der Waals surface area (Å²) in [5.74, 6) is 2.99. The highest BCUT2D eigenvalue weighted by molar-refractivity contribution is 5.40. The highest BCUT2D eigenvalue weighted by atomic mass is 16.5. The quantitative estimate of drug-likeness (QED) is 0.744. The smallest absolute Gasteiger partial charge is 0.218 e. The van der Waals surface area contributed by atoms with E-state index >= 15 is 0 Å². The summed E-state index contributed by atoms with van der Waals surface area (Å²) < 4.78 is 5.77. The van der Waals surface area contributed by atoms with Crippen molar-refractivity contribution in [2.45, 2.75) is 45.1 Å². The number of benzene rings is 1. The van der Waals surface area contributed by atoms with Gasteiger partial charge in [0.25, 0.3) is 0 Å². The molecule has 1 N–H and O–H groups in total. The van der Waals surface area contributed by atoms with Gasteiger partial charge in [0.05, 0.1) is 6.61 Å². The summed E-state index contributed by atoms with van der Waals surface area (Å²) in [5.41, 5.74) is 1.24. The van der Waals surface area contributed by atoms with E-state index in [0.29, 0.717) is 11.8 Å². The average molecular weight is 297 g/mol. The minimum atomic E-state index is 0.520. The summed E-state index contributed by atoms with van der Waals surface area (Å²) in [7, 11) is 0. The van der Waals surface area contributed by atoms with Crippen LogP contribution in [0.5, 0.6) is 5.88 Å². The predicted octanol–water partition coefficient (Wildman–Crippen LogP) is 4.15. The lowest BCUT2D eigenvalue weighted by Crippen LogP contribution is -2.07. The Morgan fingerprint density at radius 3 is 2.73 bits per heavy atom. The van der Waals surface area contributed by atoms with Gasteiger partial charge in [-0.1, -0.05) is 43.7 Å². The van der Waals surface area contributed by atoms with Crippen molar-refractivity contribution in [2.75, 3.05) is 11.9 Å². The van der Waals surface area contributed by atoms with E-state index in [2.05, 4.69) is 34.3 Å². The first-order valence-corrected chi connectivity index (χ1v) is 8.14. The van der Waals surface area contributed by atoms with Crippen LogP contribution in [0, 0.1) is 0 Å². The number of anilines is 1. The van der Waals surface area contributed by atoms with E-state index in [0.717, 1.165) is 37.6 Å². The first-order valence-electron chi connectivity index (χ1n) is 8.14. The third-order valence-corrected chi connectivity index (χ3v) is 3.73. The molecule has 4 heteroatoms. The molecule has 116 valence electrons. The van der Waals surface area contributed by atoms with Crippen LogP contribution in [0.25, 0.3) is 0 Å². The molecule has 1 aliphatic carbocycles. The monoisotopic (exact) mass is 297 g/mol. The summed E-state index contributed by atoms with van der Waals surface area (Å²) in [6.07, 6.45) is 4.56. The minimum absolute atomic E-state index is 0.520. The van der Waals surface area contributed by atoms with Crippen LogP contribution in [0.3, 0.4) is 0 Å². The van der Waals surface area contributed by atoms with Gasteiger partial charge in [-0.05, 0) is 24.8 Å². The molecule has 22 heavy (non-hydrogen) atoms. The fourth-order valence-corrected chi connectivity index (χ4v) is 2.24. The van der Waals surface area contributed by atoms with Gasteiger partial charge in [-0.15, -0.1) is 0 Å². The first kappa shape index (κ1) is 14.8. The normalized spacial score (nSPS) is 13.9. The van der Waals surface area contributed by atoms with Crippen LogP contribution in [-0.4, -0.2) is 16.6 Å². The standard InChI is InChI=1S/C18H23N3O/c1-2-3-11-22-17-12-16(20-18(21-17)15-9-10-15)19-13-14-7-5-4-6-8-14/h4-8,12,15H,2-3,9-11,13H2,1H3,(H,19,20,21). The van der Waals surface area contributed by atoms with Crippen molar-refractivity contribution in [3.63, 3.8) is 0 Å². The van der Waals surface area contributed by atoms with Gasteiger partial charge >= 0.3 is 0 Å². The van der Waals surface area contributed by atoms with Gasteiger partial charge in [-0.25, -0.2) is 4.98 Å². The van der Waals surface area contributed by atoms with Crippen molar-refractivity contribution < 1.29 is 4.74 Å². The number of hydrogen-bond acceptors (Lipinski definition) is 4. The fraction of sp³-hybridized carbons (Fsp3) is 0.444. The Labute approximate surface area is 132 Å². The Hall–Kier alpha value is -2.10. The second kappa shape index (κ2) is 7.25. The molecule has 1 aromatic carbocycles. The molecule has 4 nitrogen and oxygen atoms in total. The van der Waals surface area contributed by atoms with E-state index in [1.807, 2.05) is 24.3 Å².